The van der Waals surface area contributed by atoms with Gasteiger partial charge < -0.3 is 73.9 Å². The Labute approximate surface area is 779 Å². The molecular weight excluding hydrogens is 1730 g/mol. The van der Waals surface area contributed by atoms with E-state index in [0.29, 0.717) is 64.4 Å². The molecule has 26 nitrogen and oxygen atoms in total. The van der Waals surface area contributed by atoms with Crippen LogP contribution in [0, 0.1) is 0 Å². The topological polar surface area (TPSA) is 317 Å². The van der Waals surface area contributed by atoms with Gasteiger partial charge in [0.25, 0.3) is 25.2 Å². The number of phosphoric acid groups is 1. The molecule has 710 valence electrons. The molecule has 30 heteroatoms. The molecule has 10 rings (SSSR count). The maximum Gasteiger partial charge on any atom is 0.475 e. The molecule has 0 aromatic heterocycles. The molecule has 6 amide bonds. The maximum atomic E-state index is 13.9. The van der Waals surface area contributed by atoms with Gasteiger partial charge in [-0.2, -0.15) is 0 Å². The zero-order valence-corrected chi connectivity index (χ0v) is 82.1. The molecule has 8 aromatic carbocycles. The van der Waals surface area contributed by atoms with E-state index in [0.717, 1.165) is 54.9 Å². The number of alkyl carbamates (subject to hydrolysis) is 4. The molecule has 0 radical (unpaired) electrons. The van der Waals surface area contributed by atoms with Gasteiger partial charge in [-0.25, -0.2) is 28.4 Å². The molecule has 0 heterocycles. The van der Waals surface area contributed by atoms with Crippen LogP contribution in [0.1, 0.15) is 165 Å². The van der Waals surface area contributed by atoms with Crippen LogP contribution in [0.25, 0.3) is 22.3 Å². The number of hydrogen-bond donors (Lipinski definition) is 7. The Bertz CT molecular complexity index is 4780. The van der Waals surface area contributed by atoms with Crippen molar-refractivity contribution < 1.29 is 88.9 Å². The molecule has 0 saturated heterocycles. The molecule has 4 atom stereocenters. The van der Waals surface area contributed by atoms with Gasteiger partial charge in [-0.1, -0.05) is 280 Å². The van der Waals surface area contributed by atoms with E-state index < -0.39 is 106 Å². The lowest BCUT2D eigenvalue weighted by Gasteiger charge is -2.43. The third-order valence-corrected chi connectivity index (χ3v) is 34.7. The fourth-order valence-electron chi connectivity index (χ4n) is 15.6. The number of amides is 6. The molecule has 2 aliphatic carbocycles. The number of rotatable bonds is 43. The third kappa shape index (κ3) is 31.6. The standard InChI is InChI=1S/C47H60N3O10PSi.C37H42N2O5Si.C16H33N2O4P.CH4/c1-8-30-56-61(54,57-32-29-49-44(52)60-46(2,3)4)58-34-42(50-45(53)55-33-41-39-26-17-15-24-37(39)38-25-16-18-27-40(38)41)43(51)48-28-19-31-59-62(47(5,6)7,35-20-11-9-12-21-35)36-22-13-10-14-23-36;1-37(2,3)45(27-15-6-4-7-16-27,28-17-8-5-9-18-28)44-24-14-23-38-35(41)34(25-40)39-36(42)43-26-33-31-21-12-10-19-29(31)30-20-11-13-22-32(30)33;1-9-11-20-23(18(13(2)3)14(4)5)21-12-10-17-15(19)22-16(6,7)8;/h8-18,20-27,41-42H,1,19,28-34H2,2-7H3,(H,48,51)(H,49,52)(H,50,53);4-13,15-22,33-34,40H,14,23-26H2,1-3H3,(H,38,41)(H,39,42);9,13-14H,1,10-12H2,2-8H3,(H,17,19);1H4. The van der Waals surface area contributed by atoms with E-state index >= 15 is 0 Å². The summed E-state index contributed by atoms with van der Waals surface area (Å²) in [5.41, 5.74) is 7.43. The number of carbonyl (C=O) groups excluding carboxylic acids is 6. The van der Waals surface area contributed by atoms with Gasteiger partial charge in [-0.05, 0) is 157 Å². The first-order valence-electron chi connectivity index (χ1n) is 44.3. The summed E-state index contributed by atoms with van der Waals surface area (Å²) in [6.07, 6.45) is 1.31. The zero-order valence-electron chi connectivity index (χ0n) is 78.3. The van der Waals surface area contributed by atoms with Crippen molar-refractivity contribution in [2.24, 2.45) is 0 Å². The van der Waals surface area contributed by atoms with Crippen LogP contribution in [0.5, 0.6) is 0 Å². The molecule has 0 bridgehead atoms. The summed E-state index contributed by atoms with van der Waals surface area (Å²) in [4.78, 5) is 76.6. The molecule has 2 aliphatic rings. The molecule has 8 aromatic rings. The van der Waals surface area contributed by atoms with Crippen molar-refractivity contribution >= 4 is 89.9 Å². The molecule has 0 fully saturated rings. The average molecular weight is 1870 g/mol. The number of aliphatic hydroxyl groups is 1. The summed E-state index contributed by atoms with van der Waals surface area (Å²) in [6, 6.07) is 71.5. The van der Waals surface area contributed by atoms with Crippen LogP contribution in [0.15, 0.2) is 244 Å². The van der Waals surface area contributed by atoms with Gasteiger partial charge in [0.05, 0.1) is 39.6 Å². The Morgan fingerprint density at radius 2 is 0.763 bits per heavy atom. The van der Waals surface area contributed by atoms with Gasteiger partial charge in [0.1, 0.15) is 36.5 Å². The number of nitrogens with zero attached hydrogens (tertiary/aromatic N) is 1. The first-order valence-corrected chi connectivity index (χ1v) is 50.7. The fraction of sp³-hybridized carbons (Fsp3) is 0.426. The number of aliphatic hydroxyl groups excluding tert-OH is 1. The number of carbonyl (C=O) groups is 6. The van der Waals surface area contributed by atoms with Crippen LogP contribution in [0.2, 0.25) is 10.1 Å². The summed E-state index contributed by atoms with van der Waals surface area (Å²) >= 11 is 0. The van der Waals surface area contributed by atoms with E-state index in [4.69, 9.17) is 50.4 Å². The summed E-state index contributed by atoms with van der Waals surface area (Å²) in [5.74, 6) is -1.41. The second-order valence-electron chi connectivity index (χ2n) is 35.8. The van der Waals surface area contributed by atoms with Crippen LogP contribution in [-0.2, 0) is 64.6 Å². The highest BCUT2D eigenvalue weighted by Crippen LogP contribution is 2.51. The lowest BCUT2D eigenvalue weighted by atomic mass is 9.98. The van der Waals surface area contributed by atoms with Crippen LogP contribution < -0.4 is 52.6 Å². The van der Waals surface area contributed by atoms with Crippen molar-refractivity contribution in [1.82, 2.24) is 36.6 Å². The Morgan fingerprint density at radius 1 is 0.427 bits per heavy atom. The zero-order chi connectivity index (χ0) is 94.7. The van der Waals surface area contributed by atoms with Gasteiger partial charge in [0.2, 0.25) is 11.8 Å². The molecule has 7 N–H and O–H groups in total. The van der Waals surface area contributed by atoms with E-state index in [2.05, 4.69) is 180 Å². The Morgan fingerprint density at radius 3 is 1.10 bits per heavy atom. The van der Waals surface area contributed by atoms with Crippen molar-refractivity contribution in [1.29, 1.82) is 0 Å². The largest absolute Gasteiger partial charge is 0.475 e. The highest BCUT2D eigenvalue weighted by atomic mass is 31.2. The monoisotopic (exact) mass is 1870 g/mol. The Kier molecular flexibility index (Phi) is 42.8. The lowest BCUT2D eigenvalue weighted by molar-refractivity contribution is -0.124. The van der Waals surface area contributed by atoms with Gasteiger partial charge in [-0.15, -0.1) is 13.2 Å². The number of hydrogen-bond acceptors (Lipinski definition) is 20. The summed E-state index contributed by atoms with van der Waals surface area (Å²) in [5, 5.41) is 30.2. The van der Waals surface area contributed by atoms with Crippen molar-refractivity contribution in [2.45, 2.75) is 188 Å². The van der Waals surface area contributed by atoms with Gasteiger partial charge >= 0.3 is 32.2 Å². The van der Waals surface area contributed by atoms with E-state index in [1.165, 1.54) is 16.4 Å². The highest BCUT2D eigenvalue weighted by molar-refractivity contribution is 7.48. The summed E-state index contributed by atoms with van der Waals surface area (Å²) in [6.45, 7) is 40.5. The number of phosphoric ester groups is 1. The second-order valence-corrected chi connectivity index (χ2v) is 47.5. The van der Waals surface area contributed by atoms with Crippen molar-refractivity contribution in [2.75, 3.05) is 92.2 Å². The minimum absolute atomic E-state index is 0. The highest BCUT2D eigenvalue weighted by Gasteiger charge is 2.52. The molecular formula is C101H139N7O19P2Si2. The summed E-state index contributed by atoms with van der Waals surface area (Å²) < 4.78 is 79.7. The molecule has 0 saturated carbocycles. The smallest absolute Gasteiger partial charge is 0.449 e. The first-order chi connectivity index (χ1) is 61.9. The average Bonchev–Trinajstić information content (AvgIpc) is 1.76. The Balaban J connectivity index is 0.000000296. The van der Waals surface area contributed by atoms with Crippen LogP contribution in [-0.4, -0.2) is 190 Å². The van der Waals surface area contributed by atoms with Crippen molar-refractivity contribution in [3.05, 3.63) is 266 Å². The molecule has 4 unspecified atom stereocenters. The lowest BCUT2D eigenvalue weighted by Crippen LogP contribution is -2.66. The number of fused-ring (bicyclic) bond motifs is 6. The molecule has 0 spiro atoms. The van der Waals surface area contributed by atoms with Crippen molar-refractivity contribution in [3.8, 4) is 22.3 Å². The van der Waals surface area contributed by atoms with E-state index in [-0.39, 0.29) is 68.9 Å². The predicted molar refractivity (Wildman–Crippen MR) is 525 cm³/mol. The SMILES string of the molecule is C.C=CCOP(=O)(OCCNC(=O)OC(C)(C)C)OCC(NC(=O)OCC1c2ccccc2-c2ccccc21)C(=O)NCCCO[Si](c1ccccc1)(c1ccccc1)C(C)(C)C.C=CCOP(OCCNC(=O)OC(C)(C)C)N(C(C)C)C(C)C.CC(C)(C)[Si](OCCCNC(=O)C(CO)NC(=O)OCC1c2ccccc2-c2ccccc21)(c1ccccc1)c1ccccc1. The van der Waals surface area contributed by atoms with Gasteiger partial charge in [0, 0.05) is 63.3 Å². The normalized spacial score (nSPS) is 13.6. The second kappa shape index (κ2) is 51.9. The summed E-state index contributed by atoms with van der Waals surface area (Å²) in [7, 11) is -11.0. The van der Waals surface area contributed by atoms with Crippen molar-refractivity contribution in [3.63, 3.8) is 0 Å². The van der Waals surface area contributed by atoms with Crippen LogP contribution in [0.3, 0.4) is 0 Å². The fourth-order valence-corrected chi connectivity index (χ4v) is 27.6. The van der Waals surface area contributed by atoms with Gasteiger partial charge in [-0.3, -0.25) is 23.2 Å². The van der Waals surface area contributed by atoms with E-state index in [1.807, 2.05) is 178 Å². The quantitative estimate of drug-likeness (QED) is 0.00614. The Hall–Kier alpha value is -10.0. The number of ether oxygens (including phenoxy) is 4. The molecule has 0 aliphatic heterocycles. The maximum absolute atomic E-state index is 13.9. The molecule has 131 heavy (non-hydrogen) atoms. The minimum atomic E-state index is -4.36. The van der Waals surface area contributed by atoms with Crippen LogP contribution >= 0.6 is 16.3 Å². The van der Waals surface area contributed by atoms with E-state index in [1.54, 1.807) is 26.8 Å². The van der Waals surface area contributed by atoms with E-state index in [9.17, 15) is 38.4 Å². The number of benzene rings is 8. The first kappa shape index (κ1) is 108. The van der Waals surface area contributed by atoms with Gasteiger partial charge in [0.15, 0.2) is 0 Å². The number of nitrogens with one attached hydrogen (secondary N) is 6. The minimum Gasteiger partial charge on any atom is -0.449 e. The third-order valence-electron chi connectivity index (χ3n) is 21.1. The predicted octanol–water partition coefficient (Wildman–Crippen LogP) is 17.5. The van der Waals surface area contributed by atoms with Crippen LogP contribution in [0.4, 0.5) is 19.2 Å².